The number of pyridine rings is 1. The predicted molar refractivity (Wildman–Crippen MR) is 96.9 cm³/mol. The van der Waals surface area contributed by atoms with E-state index >= 15 is 0 Å². The van der Waals surface area contributed by atoms with E-state index in [-0.39, 0.29) is 16.9 Å². The Hall–Kier alpha value is -3.60. The van der Waals surface area contributed by atoms with Crippen LogP contribution in [0.5, 0.6) is 5.75 Å². The van der Waals surface area contributed by atoms with E-state index in [0.717, 1.165) is 0 Å². The summed E-state index contributed by atoms with van der Waals surface area (Å²) >= 11 is 6.12. The number of nitrogens with one attached hydrogen (secondary N) is 2. The third-order valence-corrected chi connectivity index (χ3v) is 3.91. The molecule has 0 aliphatic rings. The number of carboxylic acids is 1. The summed E-state index contributed by atoms with van der Waals surface area (Å²) in [5.74, 6) is -2.02. The van der Waals surface area contributed by atoms with E-state index in [1.807, 2.05) is 6.92 Å². The summed E-state index contributed by atoms with van der Waals surface area (Å²) in [6.07, 6.45) is 2.81. The molecule has 1 unspecified atom stereocenters. The molecule has 0 spiro atoms. The lowest BCUT2D eigenvalue weighted by atomic mass is 10.2. The number of nitrogens with zero attached hydrogens (tertiary/aromatic N) is 4. The first kappa shape index (κ1) is 19.2. The molecule has 0 aliphatic heterocycles. The minimum Gasteiger partial charge on any atom is -0.505 e. The van der Waals surface area contributed by atoms with Gasteiger partial charge < -0.3 is 25.3 Å². The SMILES string of the molecule is CC(Nc1ccco1)n1cc(-c2cc(O)c(C(=O)NCC(=O)O)nc2Cl)nn1. The second kappa shape index (κ2) is 7.96. The molecule has 1 atom stereocenters. The molecule has 12 heteroatoms. The number of carboxylic acid groups (broad SMARTS) is 1. The summed E-state index contributed by atoms with van der Waals surface area (Å²) in [4.78, 5) is 26.3. The van der Waals surface area contributed by atoms with Gasteiger partial charge >= 0.3 is 5.97 Å². The van der Waals surface area contributed by atoms with Crippen molar-refractivity contribution in [2.75, 3.05) is 11.9 Å². The van der Waals surface area contributed by atoms with Crippen molar-refractivity contribution in [2.45, 2.75) is 13.1 Å². The number of aromatic nitrogens is 4. The predicted octanol–water partition coefficient (Wildman–Crippen LogP) is 1.74. The maximum atomic E-state index is 11.9. The molecule has 0 aromatic carbocycles. The molecule has 0 saturated heterocycles. The molecule has 28 heavy (non-hydrogen) atoms. The molecule has 0 aliphatic carbocycles. The minimum absolute atomic E-state index is 0.100. The summed E-state index contributed by atoms with van der Waals surface area (Å²) in [5.41, 5.74) is 0.180. The van der Waals surface area contributed by atoms with E-state index in [4.69, 9.17) is 21.1 Å². The summed E-state index contributed by atoms with van der Waals surface area (Å²) in [6, 6.07) is 4.70. The molecule has 0 radical (unpaired) electrons. The fourth-order valence-corrected chi connectivity index (χ4v) is 2.52. The number of aliphatic carboxylic acids is 1. The standard InChI is InChI=1S/C16H15ClN6O5/c1-8(19-12-3-2-4-28-12)23-7-10(21-22-23)9-5-11(24)14(20-15(9)17)16(27)18-6-13(25)26/h2-5,7-8,19,24H,6H2,1H3,(H,18,27)(H,25,26). The number of hydrogen-bond acceptors (Lipinski definition) is 8. The van der Waals surface area contributed by atoms with Gasteiger partial charge in [-0.2, -0.15) is 0 Å². The van der Waals surface area contributed by atoms with Crippen LogP contribution in [0.2, 0.25) is 5.15 Å². The molecule has 1 amide bonds. The largest absolute Gasteiger partial charge is 0.505 e. The zero-order valence-corrected chi connectivity index (χ0v) is 15.2. The molecule has 3 aromatic heterocycles. The van der Waals surface area contributed by atoms with Gasteiger partial charge in [0.05, 0.1) is 12.5 Å². The topological polar surface area (TPSA) is 155 Å². The highest BCUT2D eigenvalue weighted by Gasteiger charge is 2.20. The van der Waals surface area contributed by atoms with E-state index < -0.39 is 29.9 Å². The lowest BCUT2D eigenvalue weighted by Crippen LogP contribution is -2.30. The zero-order chi connectivity index (χ0) is 20.3. The smallest absolute Gasteiger partial charge is 0.322 e. The Kier molecular flexibility index (Phi) is 5.45. The average Bonchev–Trinajstić information content (AvgIpc) is 3.33. The number of hydrogen-bond donors (Lipinski definition) is 4. The van der Waals surface area contributed by atoms with Crippen LogP contribution >= 0.6 is 11.6 Å². The summed E-state index contributed by atoms with van der Waals surface area (Å²) in [6.45, 7) is 1.21. The minimum atomic E-state index is -1.23. The van der Waals surface area contributed by atoms with Crippen molar-refractivity contribution in [3.8, 4) is 17.0 Å². The third-order valence-electron chi connectivity index (χ3n) is 3.63. The molecule has 146 valence electrons. The van der Waals surface area contributed by atoms with Crippen LogP contribution in [0.1, 0.15) is 23.6 Å². The van der Waals surface area contributed by atoms with Gasteiger partial charge in [0.25, 0.3) is 5.91 Å². The van der Waals surface area contributed by atoms with Crippen molar-refractivity contribution in [1.82, 2.24) is 25.3 Å². The Morgan fingerprint density at radius 1 is 1.43 bits per heavy atom. The Balaban J connectivity index is 1.80. The van der Waals surface area contributed by atoms with Gasteiger partial charge in [-0.1, -0.05) is 16.8 Å². The number of amides is 1. The van der Waals surface area contributed by atoms with Gasteiger partial charge in [0.15, 0.2) is 11.6 Å². The van der Waals surface area contributed by atoms with E-state index in [0.29, 0.717) is 11.6 Å². The molecule has 3 heterocycles. The normalized spacial score (nSPS) is 11.8. The Morgan fingerprint density at radius 2 is 2.21 bits per heavy atom. The zero-order valence-electron chi connectivity index (χ0n) is 14.5. The van der Waals surface area contributed by atoms with Crippen molar-refractivity contribution >= 4 is 29.4 Å². The van der Waals surface area contributed by atoms with Crippen molar-refractivity contribution in [3.63, 3.8) is 0 Å². The number of carbonyl (C=O) groups is 2. The van der Waals surface area contributed by atoms with E-state index in [1.54, 1.807) is 18.3 Å². The highest BCUT2D eigenvalue weighted by Crippen LogP contribution is 2.30. The van der Waals surface area contributed by atoms with Crippen molar-refractivity contribution < 1.29 is 24.2 Å². The Morgan fingerprint density at radius 3 is 2.89 bits per heavy atom. The highest BCUT2D eigenvalue weighted by molar-refractivity contribution is 6.32. The summed E-state index contributed by atoms with van der Waals surface area (Å²) < 4.78 is 6.72. The maximum absolute atomic E-state index is 11.9. The van der Waals surface area contributed by atoms with Gasteiger partial charge in [-0.25, -0.2) is 9.67 Å². The number of rotatable bonds is 7. The van der Waals surface area contributed by atoms with Crippen LogP contribution in [0.3, 0.4) is 0 Å². The fourth-order valence-electron chi connectivity index (χ4n) is 2.29. The monoisotopic (exact) mass is 406 g/mol. The lowest BCUT2D eigenvalue weighted by molar-refractivity contribution is -0.135. The van der Waals surface area contributed by atoms with E-state index in [1.165, 1.54) is 17.0 Å². The second-order valence-electron chi connectivity index (χ2n) is 5.65. The van der Waals surface area contributed by atoms with Crippen LogP contribution in [0.25, 0.3) is 11.3 Å². The van der Waals surface area contributed by atoms with Crippen LogP contribution in [0.4, 0.5) is 5.88 Å². The molecular formula is C16H15ClN6O5. The molecule has 0 saturated carbocycles. The molecule has 0 fully saturated rings. The molecule has 11 nitrogen and oxygen atoms in total. The number of carbonyl (C=O) groups excluding carboxylic acids is 1. The van der Waals surface area contributed by atoms with E-state index in [9.17, 15) is 14.7 Å². The first-order valence-corrected chi connectivity index (χ1v) is 8.34. The van der Waals surface area contributed by atoms with E-state index in [2.05, 4.69) is 25.9 Å². The van der Waals surface area contributed by atoms with Crippen LogP contribution in [-0.2, 0) is 4.79 Å². The lowest BCUT2D eigenvalue weighted by Gasteiger charge is -2.12. The van der Waals surface area contributed by atoms with Crippen molar-refractivity contribution in [1.29, 1.82) is 0 Å². The third kappa shape index (κ3) is 4.20. The molecule has 3 aromatic rings. The fraction of sp³-hybridized carbons (Fsp3) is 0.188. The summed E-state index contributed by atoms with van der Waals surface area (Å²) in [7, 11) is 0. The van der Waals surface area contributed by atoms with Crippen LogP contribution in [0.15, 0.2) is 35.1 Å². The van der Waals surface area contributed by atoms with Gasteiger partial charge in [0.1, 0.15) is 29.3 Å². The number of furan rings is 1. The van der Waals surface area contributed by atoms with Gasteiger partial charge in [0, 0.05) is 11.6 Å². The van der Waals surface area contributed by atoms with Crippen molar-refractivity contribution in [3.05, 3.63) is 41.5 Å². The molecule has 3 rings (SSSR count). The molecule has 4 N–H and O–H groups in total. The molecular weight excluding hydrogens is 392 g/mol. The van der Waals surface area contributed by atoms with Gasteiger partial charge in [-0.05, 0) is 19.1 Å². The van der Waals surface area contributed by atoms with Crippen molar-refractivity contribution in [2.24, 2.45) is 0 Å². The summed E-state index contributed by atoms with van der Waals surface area (Å²) in [5, 5.41) is 31.8. The van der Waals surface area contributed by atoms with Gasteiger partial charge in [-0.15, -0.1) is 5.10 Å². The van der Waals surface area contributed by atoms with Crippen LogP contribution in [0, 0.1) is 0 Å². The average molecular weight is 407 g/mol. The van der Waals surface area contributed by atoms with Gasteiger partial charge in [-0.3, -0.25) is 9.59 Å². The number of halogens is 1. The maximum Gasteiger partial charge on any atom is 0.322 e. The second-order valence-corrected chi connectivity index (χ2v) is 6.01. The number of anilines is 1. The van der Waals surface area contributed by atoms with Gasteiger partial charge in [0.2, 0.25) is 0 Å². The quantitative estimate of drug-likeness (QED) is 0.429. The molecule has 0 bridgehead atoms. The number of aromatic hydroxyl groups is 1. The first-order chi connectivity index (χ1) is 13.3. The van der Waals surface area contributed by atoms with Crippen LogP contribution in [-0.4, -0.2) is 48.6 Å². The first-order valence-electron chi connectivity index (χ1n) is 7.97. The Labute approximate surface area is 162 Å². The highest BCUT2D eigenvalue weighted by atomic mass is 35.5. The Bertz CT molecular complexity index is 1000. The van der Waals surface area contributed by atoms with Crippen LogP contribution < -0.4 is 10.6 Å².